The van der Waals surface area contributed by atoms with Gasteiger partial charge in [0.1, 0.15) is 0 Å². The highest BCUT2D eigenvalue weighted by atomic mass is 16.4. The molecule has 0 radical (unpaired) electrons. The number of amides is 1. The van der Waals surface area contributed by atoms with Gasteiger partial charge in [-0.2, -0.15) is 0 Å². The molecule has 108 valence electrons. The summed E-state index contributed by atoms with van der Waals surface area (Å²) in [6, 6.07) is 4.50. The zero-order valence-corrected chi connectivity index (χ0v) is 11.4. The van der Waals surface area contributed by atoms with Gasteiger partial charge in [-0.25, -0.2) is 4.79 Å². The van der Waals surface area contributed by atoms with E-state index in [2.05, 4.69) is 5.32 Å². The average Bonchev–Trinajstić information content (AvgIpc) is 3.19. The van der Waals surface area contributed by atoms with Crippen LogP contribution in [0.15, 0.2) is 18.2 Å². The fourth-order valence-electron chi connectivity index (χ4n) is 1.97. The number of carbonyl (C=O) groups is 2. The monoisotopic (exact) mass is 277 g/mol. The molecule has 0 heterocycles. The minimum atomic E-state index is -1.02. The Kier molecular flexibility index (Phi) is 4.12. The van der Waals surface area contributed by atoms with Gasteiger partial charge in [-0.05, 0) is 37.0 Å². The second-order valence-corrected chi connectivity index (χ2v) is 5.18. The standard InChI is InChI=1S/C14H19N3O3/c1-17(8-13(18)16-7-9-2-3-9)12-5-4-10(14(19)20)6-11(12)15/h4-6,9H,2-3,7-8,15H2,1H3,(H,16,18)(H,19,20). The van der Waals surface area contributed by atoms with Gasteiger partial charge >= 0.3 is 5.97 Å². The van der Waals surface area contributed by atoms with Crippen molar-refractivity contribution in [2.24, 2.45) is 5.92 Å². The fourth-order valence-corrected chi connectivity index (χ4v) is 1.97. The number of hydrogen-bond acceptors (Lipinski definition) is 4. The van der Waals surface area contributed by atoms with Crippen LogP contribution in [-0.4, -0.2) is 37.1 Å². The van der Waals surface area contributed by atoms with Crippen molar-refractivity contribution in [3.63, 3.8) is 0 Å². The summed E-state index contributed by atoms with van der Waals surface area (Å²) in [5.74, 6) is -0.432. The second kappa shape index (κ2) is 5.81. The van der Waals surface area contributed by atoms with Crippen LogP contribution in [0.25, 0.3) is 0 Å². The van der Waals surface area contributed by atoms with E-state index in [1.165, 1.54) is 25.0 Å². The minimum Gasteiger partial charge on any atom is -0.478 e. The summed E-state index contributed by atoms with van der Waals surface area (Å²) in [6.07, 6.45) is 2.39. The zero-order chi connectivity index (χ0) is 14.7. The Balaban J connectivity index is 1.95. The summed E-state index contributed by atoms with van der Waals surface area (Å²) in [5, 5.41) is 11.8. The number of benzene rings is 1. The lowest BCUT2D eigenvalue weighted by atomic mass is 10.1. The first-order chi connectivity index (χ1) is 9.47. The number of carbonyl (C=O) groups excluding carboxylic acids is 1. The van der Waals surface area contributed by atoms with Gasteiger partial charge in [0.05, 0.1) is 23.5 Å². The van der Waals surface area contributed by atoms with Crippen LogP contribution in [0, 0.1) is 5.92 Å². The molecule has 0 unspecified atom stereocenters. The lowest BCUT2D eigenvalue weighted by molar-refractivity contribution is -0.119. The van der Waals surface area contributed by atoms with Crippen molar-refractivity contribution < 1.29 is 14.7 Å². The maximum atomic E-state index is 11.8. The number of nitrogens with zero attached hydrogens (tertiary/aromatic N) is 1. The minimum absolute atomic E-state index is 0.0545. The van der Waals surface area contributed by atoms with Gasteiger partial charge in [-0.15, -0.1) is 0 Å². The molecule has 0 atom stereocenters. The van der Waals surface area contributed by atoms with Crippen LogP contribution in [0.2, 0.25) is 0 Å². The van der Waals surface area contributed by atoms with Crippen molar-refractivity contribution in [3.8, 4) is 0 Å². The second-order valence-electron chi connectivity index (χ2n) is 5.18. The first-order valence-electron chi connectivity index (χ1n) is 6.58. The summed E-state index contributed by atoms with van der Waals surface area (Å²) in [7, 11) is 1.75. The molecule has 2 rings (SSSR count). The van der Waals surface area contributed by atoms with E-state index in [-0.39, 0.29) is 18.0 Å². The number of carboxylic acids is 1. The van der Waals surface area contributed by atoms with Crippen molar-refractivity contribution in [1.29, 1.82) is 0 Å². The van der Waals surface area contributed by atoms with Crippen LogP contribution >= 0.6 is 0 Å². The average molecular weight is 277 g/mol. The summed E-state index contributed by atoms with van der Waals surface area (Å²) in [4.78, 5) is 24.3. The van der Waals surface area contributed by atoms with E-state index in [9.17, 15) is 9.59 Å². The normalized spacial score (nSPS) is 13.8. The lowest BCUT2D eigenvalue weighted by Gasteiger charge is -2.20. The lowest BCUT2D eigenvalue weighted by Crippen LogP contribution is -2.36. The van der Waals surface area contributed by atoms with Crippen LogP contribution in [0.3, 0.4) is 0 Å². The van der Waals surface area contributed by atoms with Crippen molar-refractivity contribution in [2.75, 3.05) is 30.8 Å². The van der Waals surface area contributed by atoms with Crippen molar-refractivity contribution in [2.45, 2.75) is 12.8 Å². The van der Waals surface area contributed by atoms with Gasteiger partial charge in [0, 0.05) is 13.6 Å². The molecule has 0 spiro atoms. The third kappa shape index (κ3) is 3.63. The van der Waals surface area contributed by atoms with E-state index in [0.29, 0.717) is 17.3 Å². The smallest absolute Gasteiger partial charge is 0.335 e. The maximum absolute atomic E-state index is 11.8. The number of hydrogen-bond donors (Lipinski definition) is 3. The molecule has 1 amide bonds. The Morgan fingerprint density at radius 1 is 1.45 bits per heavy atom. The molecule has 20 heavy (non-hydrogen) atoms. The summed E-state index contributed by atoms with van der Waals surface area (Å²) in [6.45, 7) is 0.934. The van der Waals surface area contributed by atoms with Crippen LogP contribution in [0.1, 0.15) is 23.2 Å². The number of nitrogens with two attached hydrogens (primary N) is 1. The first-order valence-corrected chi connectivity index (χ1v) is 6.58. The van der Waals surface area contributed by atoms with Crippen molar-refractivity contribution >= 4 is 23.3 Å². The highest BCUT2D eigenvalue weighted by Crippen LogP contribution is 2.27. The molecule has 6 heteroatoms. The van der Waals surface area contributed by atoms with Gasteiger partial charge in [0.15, 0.2) is 0 Å². The Morgan fingerprint density at radius 2 is 2.15 bits per heavy atom. The molecular formula is C14H19N3O3. The van der Waals surface area contributed by atoms with Gasteiger partial charge < -0.3 is 21.1 Å². The largest absolute Gasteiger partial charge is 0.478 e. The van der Waals surface area contributed by atoms with Crippen molar-refractivity contribution in [1.82, 2.24) is 5.32 Å². The zero-order valence-electron chi connectivity index (χ0n) is 11.4. The van der Waals surface area contributed by atoms with E-state index in [1.54, 1.807) is 18.0 Å². The van der Waals surface area contributed by atoms with Gasteiger partial charge in [0.25, 0.3) is 0 Å². The van der Waals surface area contributed by atoms with Crippen LogP contribution in [0.4, 0.5) is 11.4 Å². The predicted octanol–water partition coefficient (Wildman–Crippen LogP) is 0.929. The number of nitrogens with one attached hydrogen (secondary N) is 1. The van der Waals surface area contributed by atoms with Crippen LogP contribution in [0.5, 0.6) is 0 Å². The third-order valence-corrected chi connectivity index (χ3v) is 3.35. The molecule has 1 aliphatic carbocycles. The Morgan fingerprint density at radius 3 is 2.70 bits per heavy atom. The molecule has 1 saturated carbocycles. The number of likely N-dealkylation sites (N-methyl/N-ethyl adjacent to an activating group) is 1. The fraction of sp³-hybridized carbons (Fsp3) is 0.429. The predicted molar refractivity (Wildman–Crippen MR) is 76.8 cm³/mol. The highest BCUT2D eigenvalue weighted by Gasteiger charge is 2.22. The quantitative estimate of drug-likeness (QED) is 0.672. The summed E-state index contributed by atoms with van der Waals surface area (Å²) < 4.78 is 0. The van der Waals surface area contributed by atoms with Crippen LogP contribution < -0.4 is 16.0 Å². The van der Waals surface area contributed by atoms with E-state index in [4.69, 9.17) is 10.8 Å². The van der Waals surface area contributed by atoms with Gasteiger partial charge in [0.2, 0.25) is 5.91 Å². The highest BCUT2D eigenvalue weighted by molar-refractivity contribution is 5.91. The molecule has 0 bridgehead atoms. The molecule has 6 nitrogen and oxygen atoms in total. The maximum Gasteiger partial charge on any atom is 0.335 e. The summed E-state index contributed by atoms with van der Waals surface area (Å²) >= 11 is 0. The van der Waals surface area contributed by atoms with E-state index >= 15 is 0 Å². The van der Waals surface area contributed by atoms with E-state index in [1.807, 2.05) is 0 Å². The Hall–Kier alpha value is -2.24. The third-order valence-electron chi connectivity index (χ3n) is 3.35. The molecule has 0 aromatic heterocycles. The van der Waals surface area contributed by atoms with Crippen molar-refractivity contribution in [3.05, 3.63) is 23.8 Å². The van der Waals surface area contributed by atoms with Crippen LogP contribution in [-0.2, 0) is 4.79 Å². The number of nitrogen functional groups attached to an aromatic ring is 1. The Labute approximate surface area is 117 Å². The number of carboxylic acid groups (broad SMARTS) is 1. The van der Waals surface area contributed by atoms with E-state index < -0.39 is 5.97 Å². The summed E-state index contributed by atoms with van der Waals surface area (Å²) in [5.41, 5.74) is 6.97. The molecule has 0 aliphatic heterocycles. The molecule has 0 saturated heterocycles. The van der Waals surface area contributed by atoms with Gasteiger partial charge in [-0.1, -0.05) is 0 Å². The van der Waals surface area contributed by atoms with Gasteiger partial charge in [-0.3, -0.25) is 4.79 Å². The topological polar surface area (TPSA) is 95.7 Å². The molecule has 4 N–H and O–H groups in total. The SMILES string of the molecule is CN(CC(=O)NCC1CC1)c1ccc(C(=O)O)cc1N. The molecule has 1 aromatic rings. The molecule has 1 aliphatic rings. The van der Waals surface area contributed by atoms with E-state index in [0.717, 1.165) is 6.54 Å². The first kappa shape index (κ1) is 14.2. The molecule has 1 aromatic carbocycles. The molecule has 1 fully saturated rings. The number of anilines is 2. The molecular weight excluding hydrogens is 258 g/mol. The number of rotatable bonds is 6. The Bertz CT molecular complexity index is 526. The number of aromatic carboxylic acids is 1.